The Morgan fingerprint density at radius 3 is 2.70 bits per heavy atom. The van der Waals surface area contributed by atoms with Gasteiger partial charge in [0.2, 0.25) is 0 Å². The zero-order chi connectivity index (χ0) is 15.0. The van der Waals surface area contributed by atoms with Crippen LogP contribution in [-0.2, 0) is 13.0 Å². The highest BCUT2D eigenvalue weighted by atomic mass is 32.2. The van der Waals surface area contributed by atoms with Crippen molar-refractivity contribution in [2.24, 2.45) is 5.92 Å². The van der Waals surface area contributed by atoms with Crippen molar-refractivity contribution in [3.63, 3.8) is 0 Å². The van der Waals surface area contributed by atoms with E-state index >= 15 is 0 Å². The van der Waals surface area contributed by atoms with Crippen molar-refractivity contribution < 1.29 is 4.79 Å². The Morgan fingerprint density at radius 2 is 2.10 bits per heavy atom. The summed E-state index contributed by atoms with van der Waals surface area (Å²) < 4.78 is 2.18. The van der Waals surface area contributed by atoms with Gasteiger partial charge in [0.05, 0.1) is 0 Å². The maximum atomic E-state index is 11.3. The van der Waals surface area contributed by atoms with Gasteiger partial charge < -0.3 is 15.2 Å². The Morgan fingerprint density at radius 1 is 1.35 bits per heavy atom. The van der Waals surface area contributed by atoms with Crippen LogP contribution in [0.2, 0.25) is 0 Å². The van der Waals surface area contributed by atoms with Crippen LogP contribution in [0.3, 0.4) is 0 Å². The average Bonchev–Trinajstić information content (AvgIpc) is 2.76. The van der Waals surface area contributed by atoms with Gasteiger partial charge in [0.15, 0.2) is 5.16 Å². The van der Waals surface area contributed by atoms with E-state index in [0.717, 1.165) is 30.4 Å². The second-order valence-electron chi connectivity index (χ2n) is 5.00. The van der Waals surface area contributed by atoms with E-state index < -0.39 is 0 Å². The molecule has 0 atom stereocenters. The number of nitrogens with zero attached hydrogens (tertiary/aromatic N) is 3. The third-order valence-electron chi connectivity index (χ3n) is 2.72. The molecule has 0 bridgehead atoms. The summed E-state index contributed by atoms with van der Waals surface area (Å²) in [6.45, 7) is 8.50. The second-order valence-corrected chi connectivity index (χ2v) is 5.77. The summed E-state index contributed by atoms with van der Waals surface area (Å²) >= 11 is 1.62. The number of hydrogen-bond acceptors (Lipinski definition) is 4. The van der Waals surface area contributed by atoms with Crippen LogP contribution in [0.15, 0.2) is 5.16 Å². The van der Waals surface area contributed by atoms with Crippen LogP contribution < -0.4 is 10.6 Å². The van der Waals surface area contributed by atoms with Gasteiger partial charge in [0.25, 0.3) is 0 Å². The lowest BCUT2D eigenvalue weighted by molar-refractivity contribution is 0.241. The summed E-state index contributed by atoms with van der Waals surface area (Å²) in [6.07, 6.45) is 3.70. The van der Waals surface area contributed by atoms with E-state index in [2.05, 4.69) is 39.2 Å². The van der Waals surface area contributed by atoms with E-state index in [1.54, 1.807) is 11.8 Å². The molecule has 20 heavy (non-hydrogen) atoms. The number of carbonyl (C=O) groups is 1. The molecule has 6 nitrogen and oxygen atoms in total. The van der Waals surface area contributed by atoms with Gasteiger partial charge in [-0.15, -0.1) is 10.2 Å². The summed E-state index contributed by atoms with van der Waals surface area (Å²) in [5.41, 5.74) is 0. The molecule has 1 aromatic heterocycles. The van der Waals surface area contributed by atoms with Gasteiger partial charge in [-0.05, 0) is 25.5 Å². The van der Waals surface area contributed by atoms with Gasteiger partial charge >= 0.3 is 6.03 Å². The zero-order valence-corrected chi connectivity index (χ0v) is 13.6. The number of hydrogen-bond donors (Lipinski definition) is 2. The predicted octanol–water partition coefficient (Wildman–Crippen LogP) is 1.91. The van der Waals surface area contributed by atoms with Crippen molar-refractivity contribution in [3.05, 3.63) is 5.82 Å². The predicted molar refractivity (Wildman–Crippen MR) is 82.0 cm³/mol. The van der Waals surface area contributed by atoms with Crippen LogP contribution >= 0.6 is 11.8 Å². The quantitative estimate of drug-likeness (QED) is 0.568. The summed E-state index contributed by atoms with van der Waals surface area (Å²) in [5.74, 6) is 1.56. The molecule has 2 N–H and O–H groups in total. The number of rotatable bonds is 8. The smallest absolute Gasteiger partial charge is 0.314 e. The fourth-order valence-electron chi connectivity index (χ4n) is 1.87. The number of aryl methyl sites for hydroxylation is 1. The van der Waals surface area contributed by atoms with Crippen LogP contribution in [0.4, 0.5) is 4.79 Å². The standard InChI is InChI=1S/C13H25N5OS/c1-5-14-12(19)15-8-6-7-11-16-17-13(20-4)18(11)9-10(2)3/h10H,5-9H2,1-4H3,(H2,14,15,19). The molecule has 7 heteroatoms. The van der Waals surface area contributed by atoms with Gasteiger partial charge in [0, 0.05) is 26.1 Å². The molecule has 0 spiro atoms. The van der Waals surface area contributed by atoms with Crippen molar-refractivity contribution in [3.8, 4) is 0 Å². The van der Waals surface area contributed by atoms with Crippen LogP contribution in [0.5, 0.6) is 0 Å². The highest BCUT2D eigenvalue weighted by Crippen LogP contribution is 2.16. The Hall–Kier alpha value is -1.24. The maximum Gasteiger partial charge on any atom is 0.314 e. The summed E-state index contributed by atoms with van der Waals surface area (Å²) in [7, 11) is 0. The largest absolute Gasteiger partial charge is 0.338 e. The van der Waals surface area contributed by atoms with Crippen molar-refractivity contribution in [2.75, 3.05) is 19.3 Å². The number of aromatic nitrogens is 3. The van der Waals surface area contributed by atoms with E-state index in [1.165, 1.54) is 0 Å². The number of carbonyl (C=O) groups excluding carboxylic acids is 1. The first-order chi connectivity index (χ1) is 9.58. The number of nitrogens with one attached hydrogen (secondary N) is 2. The van der Waals surface area contributed by atoms with Crippen LogP contribution in [0.25, 0.3) is 0 Å². The highest BCUT2D eigenvalue weighted by molar-refractivity contribution is 7.98. The SMILES string of the molecule is CCNC(=O)NCCCc1nnc(SC)n1CC(C)C. The van der Waals surface area contributed by atoms with E-state index in [4.69, 9.17) is 0 Å². The first-order valence-corrected chi connectivity index (χ1v) is 8.28. The van der Waals surface area contributed by atoms with Gasteiger partial charge in [-0.3, -0.25) is 0 Å². The molecule has 1 rings (SSSR count). The fourth-order valence-corrected chi connectivity index (χ4v) is 2.40. The van der Waals surface area contributed by atoms with Crippen LogP contribution in [0.1, 0.15) is 33.0 Å². The zero-order valence-electron chi connectivity index (χ0n) is 12.8. The molecule has 0 aromatic carbocycles. The van der Waals surface area contributed by atoms with Crippen molar-refractivity contribution in [2.45, 2.75) is 45.3 Å². The normalized spacial score (nSPS) is 10.8. The van der Waals surface area contributed by atoms with E-state index in [0.29, 0.717) is 19.0 Å². The molecule has 1 heterocycles. The van der Waals surface area contributed by atoms with Crippen molar-refractivity contribution in [1.29, 1.82) is 0 Å². The Kier molecular flexibility index (Phi) is 7.43. The van der Waals surface area contributed by atoms with E-state index in [-0.39, 0.29) is 6.03 Å². The number of amides is 2. The summed E-state index contributed by atoms with van der Waals surface area (Å²) in [5, 5.41) is 15.0. The molecule has 0 aliphatic rings. The fraction of sp³-hybridized carbons (Fsp3) is 0.769. The molecule has 0 saturated heterocycles. The maximum absolute atomic E-state index is 11.3. The minimum Gasteiger partial charge on any atom is -0.338 e. The monoisotopic (exact) mass is 299 g/mol. The lowest BCUT2D eigenvalue weighted by Gasteiger charge is -2.11. The minimum atomic E-state index is -0.110. The molecule has 2 amide bonds. The second kappa shape index (κ2) is 8.84. The third-order valence-corrected chi connectivity index (χ3v) is 3.39. The Labute approximate surface area is 125 Å². The van der Waals surface area contributed by atoms with Crippen LogP contribution in [-0.4, -0.2) is 40.1 Å². The molecular weight excluding hydrogens is 274 g/mol. The Bertz CT molecular complexity index is 419. The van der Waals surface area contributed by atoms with Gasteiger partial charge in [0.1, 0.15) is 5.82 Å². The molecule has 1 aromatic rings. The Balaban J connectivity index is 2.47. The van der Waals surface area contributed by atoms with Crippen molar-refractivity contribution in [1.82, 2.24) is 25.4 Å². The minimum absolute atomic E-state index is 0.110. The average molecular weight is 299 g/mol. The highest BCUT2D eigenvalue weighted by Gasteiger charge is 2.12. The number of urea groups is 1. The molecule has 0 aliphatic heterocycles. The molecule has 0 saturated carbocycles. The van der Waals surface area contributed by atoms with Crippen LogP contribution in [0, 0.1) is 5.92 Å². The van der Waals surface area contributed by atoms with E-state index in [9.17, 15) is 4.79 Å². The molecule has 0 unspecified atom stereocenters. The van der Waals surface area contributed by atoms with Gasteiger partial charge in [-0.2, -0.15) is 0 Å². The molecule has 114 valence electrons. The van der Waals surface area contributed by atoms with E-state index in [1.807, 2.05) is 13.2 Å². The van der Waals surface area contributed by atoms with Crippen molar-refractivity contribution >= 4 is 17.8 Å². The lowest BCUT2D eigenvalue weighted by atomic mass is 10.2. The molecule has 0 radical (unpaired) electrons. The van der Waals surface area contributed by atoms with Gasteiger partial charge in [-0.25, -0.2) is 4.79 Å². The summed E-state index contributed by atoms with van der Waals surface area (Å²) in [4.78, 5) is 11.3. The lowest BCUT2D eigenvalue weighted by Crippen LogP contribution is -2.35. The summed E-state index contributed by atoms with van der Waals surface area (Å²) in [6, 6.07) is -0.110. The molecule has 0 fully saturated rings. The third kappa shape index (κ3) is 5.40. The first-order valence-electron chi connectivity index (χ1n) is 7.06. The first kappa shape index (κ1) is 16.8. The molecular formula is C13H25N5OS. The molecule has 0 aliphatic carbocycles. The number of thioether (sulfide) groups is 1. The van der Waals surface area contributed by atoms with Gasteiger partial charge in [-0.1, -0.05) is 25.6 Å². The topological polar surface area (TPSA) is 71.8 Å².